The Kier molecular flexibility index (Phi) is 6.74. The first-order valence-electron chi connectivity index (χ1n) is 17.4. The normalized spacial score (nSPS) is 12.9. The van der Waals surface area contributed by atoms with Crippen molar-refractivity contribution in [3.63, 3.8) is 0 Å². The summed E-state index contributed by atoms with van der Waals surface area (Å²) in [6.07, 6.45) is 0. The van der Waals surface area contributed by atoms with Gasteiger partial charge in [-0.15, -0.1) is 0 Å². The molecule has 1 aliphatic heterocycles. The van der Waals surface area contributed by atoms with E-state index in [1.807, 2.05) is 30.3 Å². The molecule has 1 aliphatic rings. The number of ether oxygens (including phenoxy) is 1. The Morgan fingerprint density at radius 1 is 0.442 bits per heavy atom. The number of nitriles is 1. The molecule has 10 rings (SSSR count). The lowest BCUT2D eigenvalue weighted by molar-refractivity contribution is 0.435. The Balaban J connectivity index is 1.20. The molecule has 7 aromatic carbocycles. The van der Waals surface area contributed by atoms with Gasteiger partial charge in [-0.1, -0.05) is 121 Å². The predicted octanol–water partition coefficient (Wildman–Crippen LogP) is 11.6. The molecule has 0 fully saturated rings. The highest BCUT2D eigenvalue weighted by Crippen LogP contribution is 2.56. The molecule has 0 bridgehead atoms. The molecule has 0 spiro atoms. The van der Waals surface area contributed by atoms with E-state index in [1.54, 1.807) is 0 Å². The number of fused-ring (bicyclic) bond motifs is 6. The second-order valence-corrected chi connectivity index (χ2v) is 13.3. The molecule has 3 heterocycles. The van der Waals surface area contributed by atoms with Gasteiger partial charge in [-0.3, -0.25) is 0 Å². The first kappa shape index (κ1) is 29.8. The molecule has 242 valence electrons. The molecule has 2 aromatic heterocycles. The van der Waals surface area contributed by atoms with Crippen molar-refractivity contribution >= 4 is 32.6 Å². The summed E-state index contributed by atoms with van der Waals surface area (Å²) in [6.45, 7) is 0. The maximum Gasteiger partial charge on any atom is 0.132 e. The smallest absolute Gasteiger partial charge is 0.132 e. The summed E-state index contributed by atoms with van der Waals surface area (Å²) in [5.74, 6) is 1.67. The molecule has 0 N–H and O–H groups in total. The fourth-order valence-electron chi connectivity index (χ4n) is 7.90. The minimum atomic E-state index is -0.660. The maximum absolute atomic E-state index is 9.29. The van der Waals surface area contributed by atoms with E-state index in [9.17, 15) is 5.26 Å². The van der Waals surface area contributed by atoms with Crippen molar-refractivity contribution in [3.8, 4) is 40.1 Å². The van der Waals surface area contributed by atoms with Gasteiger partial charge in [0.2, 0.25) is 0 Å². The fourth-order valence-corrected chi connectivity index (χ4v) is 7.90. The Hall–Kier alpha value is -7.09. The van der Waals surface area contributed by atoms with Gasteiger partial charge in [0, 0.05) is 33.0 Å². The quantitative estimate of drug-likeness (QED) is 0.176. The second-order valence-electron chi connectivity index (χ2n) is 13.3. The van der Waals surface area contributed by atoms with E-state index >= 15 is 0 Å². The number of aromatic nitrogens is 2. The van der Waals surface area contributed by atoms with Gasteiger partial charge in [-0.05, 0) is 76.5 Å². The largest absolute Gasteiger partial charge is 0.457 e. The predicted molar refractivity (Wildman–Crippen MR) is 209 cm³/mol. The van der Waals surface area contributed by atoms with Crippen molar-refractivity contribution in [1.82, 2.24) is 9.97 Å². The number of nitrogens with zero attached hydrogens (tertiary/aromatic N) is 3. The number of hydrogen-bond donors (Lipinski definition) is 0. The molecule has 9 aromatic rings. The number of pyridine rings is 2. The first-order chi connectivity index (χ1) is 25.7. The highest BCUT2D eigenvalue weighted by Gasteiger charge is 2.45. The Labute approximate surface area is 300 Å². The van der Waals surface area contributed by atoms with Gasteiger partial charge < -0.3 is 4.74 Å². The Morgan fingerprint density at radius 3 is 1.58 bits per heavy atom. The average molecular weight is 664 g/mol. The molecule has 0 unspecified atom stereocenters. The van der Waals surface area contributed by atoms with Gasteiger partial charge in [0.05, 0.1) is 39.5 Å². The highest BCUT2D eigenvalue weighted by molar-refractivity contribution is 6.04. The van der Waals surface area contributed by atoms with Crippen LogP contribution in [-0.4, -0.2) is 9.97 Å². The lowest BCUT2D eigenvalue weighted by atomic mass is 9.63. The SMILES string of the molecule is N#Cc1ccc(-c2ccc3ccc4ccc(-c5ccc6c(c5)C(c5ccccc5)(c5ccccc5)c5cc7ccccc7cc5O6)nc4c3n2)cc1. The van der Waals surface area contributed by atoms with Crippen LogP contribution in [0.3, 0.4) is 0 Å². The number of benzene rings is 7. The van der Waals surface area contributed by atoms with Crippen LogP contribution < -0.4 is 4.74 Å². The van der Waals surface area contributed by atoms with E-state index in [0.29, 0.717) is 5.56 Å². The molecule has 0 aliphatic carbocycles. The van der Waals surface area contributed by atoms with Gasteiger partial charge >= 0.3 is 0 Å². The molecule has 4 heteroatoms. The maximum atomic E-state index is 9.29. The van der Waals surface area contributed by atoms with Crippen molar-refractivity contribution in [1.29, 1.82) is 5.26 Å². The van der Waals surface area contributed by atoms with Gasteiger partial charge in [0.25, 0.3) is 0 Å². The summed E-state index contributed by atoms with van der Waals surface area (Å²) in [6, 6.07) is 63.3. The van der Waals surface area contributed by atoms with Crippen LogP contribution in [0.2, 0.25) is 0 Å². The first-order valence-corrected chi connectivity index (χ1v) is 17.4. The summed E-state index contributed by atoms with van der Waals surface area (Å²) >= 11 is 0. The summed E-state index contributed by atoms with van der Waals surface area (Å²) in [5, 5.41) is 13.6. The van der Waals surface area contributed by atoms with Crippen molar-refractivity contribution < 1.29 is 4.74 Å². The van der Waals surface area contributed by atoms with Crippen LogP contribution in [0.4, 0.5) is 0 Å². The summed E-state index contributed by atoms with van der Waals surface area (Å²) in [4.78, 5) is 10.4. The summed E-state index contributed by atoms with van der Waals surface area (Å²) in [7, 11) is 0. The topological polar surface area (TPSA) is 58.8 Å². The monoisotopic (exact) mass is 663 g/mol. The van der Waals surface area contributed by atoms with E-state index in [2.05, 4.69) is 152 Å². The minimum Gasteiger partial charge on any atom is -0.457 e. The third kappa shape index (κ3) is 4.61. The minimum absolute atomic E-state index is 0.622. The molecule has 0 radical (unpaired) electrons. The van der Waals surface area contributed by atoms with Gasteiger partial charge in [-0.25, -0.2) is 9.97 Å². The van der Waals surface area contributed by atoms with E-state index < -0.39 is 5.41 Å². The second kappa shape index (κ2) is 11.8. The van der Waals surface area contributed by atoms with Crippen LogP contribution in [-0.2, 0) is 5.41 Å². The van der Waals surface area contributed by atoms with E-state index in [0.717, 1.165) is 88.8 Å². The van der Waals surface area contributed by atoms with Crippen LogP contribution in [0, 0.1) is 11.3 Å². The fraction of sp³-hybridized carbons (Fsp3) is 0.0208. The lowest BCUT2D eigenvalue weighted by Gasteiger charge is -2.42. The van der Waals surface area contributed by atoms with Gasteiger partial charge in [-0.2, -0.15) is 5.26 Å². The summed E-state index contributed by atoms with van der Waals surface area (Å²) < 4.78 is 6.82. The summed E-state index contributed by atoms with van der Waals surface area (Å²) in [5.41, 5.74) is 9.77. The van der Waals surface area contributed by atoms with E-state index in [1.165, 1.54) is 0 Å². The third-order valence-electron chi connectivity index (χ3n) is 10.4. The van der Waals surface area contributed by atoms with Crippen LogP contribution in [0.15, 0.2) is 176 Å². The van der Waals surface area contributed by atoms with Crippen molar-refractivity contribution in [2.75, 3.05) is 0 Å². The molecule has 52 heavy (non-hydrogen) atoms. The van der Waals surface area contributed by atoms with Gasteiger partial charge in [0.1, 0.15) is 11.5 Å². The highest BCUT2D eigenvalue weighted by atomic mass is 16.5. The average Bonchev–Trinajstić information content (AvgIpc) is 3.22. The van der Waals surface area contributed by atoms with Gasteiger partial charge in [0.15, 0.2) is 0 Å². The number of rotatable bonds is 4. The van der Waals surface area contributed by atoms with Crippen LogP contribution >= 0.6 is 0 Å². The van der Waals surface area contributed by atoms with E-state index in [4.69, 9.17) is 14.7 Å². The molecule has 0 atom stereocenters. The zero-order valence-electron chi connectivity index (χ0n) is 28.0. The Bertz CT molecular complexity index is 2840. The van der Waals surface area contributed by atoms with Crippen LogP contribution in [0.5, 0.6) is 11.5 Å². The molecule has 4 nitrogen and oxygen atoms in total. The molecule has 0 amide bonds. The lowest BCUT2D eigenvalue weighted by Crippen LogP contribution is -2.34. The standard InChI is InChI=1S/C48H29N3O/c49-30-31-15-17-32(18-16-31)42-24-21-33-19-20-34-22-25-43(51-47(34)46(33)50-42)37-23-26-44-40(28-37)48(38-11-3-1-4-12-38,39-13-5-2-6-14-39)41-27-35-9-7-8-10-36(35)29-45(41)52-44/h1-29H. The van der Waals surface area contributed by atoms with Crippen molar-refractivity contribution in [2.45, 2.75) is 5.41 Å². The Morgan fingerprint density at radius 2 is 0.962 bits per heavy atom. The molecule has 0 saturated heterocycles. The zero-order chi connectivity index (χ0) is 34.6. The van der Waals surface area contributed by atoms with Crippen LogP contribution in [0.25, 0.3) is 55.1 Å². The number of hydrogen-bond acceptors (Lipinski definition) is 4. The van der Waals surface area contributed by atoms with Crippen molar-refractivity contribution in [2.24, 2.45) is 0 Å². The molecular formula is C48H29N3O. The zero-order valence-corrected chi connectivity index (χ0v) is 28.0. The van der Waals surface area contributed by atoms with Crippen LogP contribution in [0.1, 0.15) is 27.8 Å². The van der Waals surface area contributed by atoms with Crippen molar-refractivity contribution in [3.05, 3.63) is 204 Å². The molecular weight excluding hydrogens is 635 g/mol. The third-order valence-corrected chi connectivity index (χ3v) is 10.4. The van der Waals surface area contributed by atoms with E-state index in [-0.39, 0.29) is 0 Å². The molecule has 0 saturated carbocycles.